The van der Waals surface area contributed by atoms with E-state index in [0.717, 1.165) is 5.52 Å². The zero-order chi connectivity index (χ0) is 14.7. The molecule has 102 valence electrons. The van der Waals surface area contributed by atoms with E-state index in [4.69, 9.17) is 11.6 Å². The van der Waals surface area contributed by atoms with Crippen molar-refractivity contribution in [2.45, 2.75) is 13.5 Å². The van der Waals surface area contributed by atoms with Crippen LogP contribution in [-0.2, 0) is 6.54 Å². The van der Waals surface area contributed by atoms with Crippen molar-refractivity contribution in [2.75, 3.05) is 0 Å². The number of fused-ring (bicyclic) bond motifs is 1. The van der Waals surface area contributed by atoms with Crippen molar-refractivity contribution in [1.82, 2.24) is 14.9 Å². The Kier molecular flexibility index (Phi) is 4.08. The lowest BCUT2D eigenvalue weighted by Crippen LogP contribution is -2.18. The number of rotatable bonds is 4. The van der Waals surface area contributed by atoms with E-state index in [-0.39, 0.29) is 5.43 Å². The normalized spacial score (nSPS) is 10.1. The van der Waals surface area contributed by atoms with Gasteiger partial charge in [-0.05, 0) is 13.0 Å². The van der Waals surface area contributed by atoms with Gasteiger partial charge in [0.25, 0.3) is 0 Å². The predicted molar refractivity (Wildman–Crippen MR) is 82.6 cm³/mol. The molecule has 5 heteroatoms. The molecule has 0 atom stereocenters. The first-order valence-electron chi connectivity index (χ1n) is 6.07. The fourth-order valence-electron chi connectivity index (χ4n) is 1.95. The molecule has 0 aromatic carbocycles. The maximum atomic E-state index is 12.5. The van der Waals surface area contributed by atoms with E-state index in [9.17, 15) is 4.79 Å². The molecule has 2 aromatic heterocycles. The van der Waals surface area contributed by atoms with Gasteiger partial charge in [0, 0.05) is 24.6 Å². The summed E-state index contributed by atoms with van der Waals surface area (Å²) in [6, 6.07) is 1.57. The van der Waals surface area contributed by atoms with Crippen LogP contribution >= 0.6 is 11.6 Å². The molecular formula is C15H14ClN3O. The summed E-state index contributed by atoms with van der Waals surface area (Å²) in [5.41, 5.74) is 4.16. The Morgan fingerprint density at radius 2 is 2.40 bits per heavy atom. The number of hydrogen-bond donors (Lipinski definition) is 1. The molecule has 0 radical (unpaired) electrons. The summed E-state index contributed by atoms with van der Waals surface area (Å²) in [7, 11) is 0. The SMILES string of the molecule is C=C=CNC(=C)c1cn(CC)c2cnc(Cl)cc2c1=O. The first-order chi connectivity index (χ1) is 9.58. The third kappa shape index (κ3) is 2.52. The molecule has 0 aliphatic carbocycles. The van der Waals surface area contributed by atoms with E-state index < -0.39 is 0 Å². The van der Waals surface area contributed by atoms with Crippen LogP contribution < -0.4 is 10.7 Å². The highest BCUT2D eigenvalue weighted by atomic mass is 35.5. The van der Waals surface area contributed by atoms with Crippen LogP contribution in [0.15, 0.2) is 48.3 Å². The molecule has 2 rings (SSSR count). The number of aryl methyl sites for hydroxylation is 1. The standard InChI is InChI=1S/C15H14ClN3O/c1-4-6-17-10(3)12-9-19(5-2)13-8-18-14(16)7-11(13)15(12)20/h6-9,17H,1,3,5H2,2H3. The molecule has 0 aliphatic rings. The summed E-state index contributed by atoms with van der Waals surface area (Å²) < 4.78 is 1.93. The van der Waals surface area contributed by atoms with Crippen LogP contribution in [-0.4, -0.2) is 9.55 Å². The summed E-state index contributed by atoms with van der Waals surface area (Å²) in [6.07, 6.45) is 4.86. The van der Waals surface area contributed by atoms with Crippen molar-refractivity contribution in [2.24, 2.45) is 0 Å². The van der Waals surface area contributed by atoms with Crippen molar-refractivity contribution < 1.29 is 0 Å². The maximum Gasteiger partial charge on any atom is 0.198 e. The van der Waals surface area contributed by atoms with Crippen molar-refractivity contribution in [3.8, 4) is 0 Å². The lowest BCUT2D eigenvalue weighted by molar-refractivity contribution is 0.783. The molecule has 0 unspecified atom stereocenters. The number of nitrogens with zero attached hydrogens (tertiary/aromatic N) is 2. The van der Waals surface area contributed by atoms with Gasteiger partial charge in [-0.3, -0.25) is 4.79 Å². The van der Waals surface area contributed by atoms with Gasteiger partial charge in [-0.2, -0.15) is 0 Å². The summed E-state index contributed by atoms with van der Waals surface area (Å²) in [4.78, 5) is 16.5. The number of halogens is 1. The van der Waals surface area contributed by atoms with Gasteiger partial charge in [0.05, 0.1) is 22.7 Å². The Bertz CT molecular complexity index is 786. The van der Waals surface area contributed by atoms with Gasteiger partial charge < -0.3 is 9.88 Å². The van der Waals surface area contributed by atoms with Crippen LogP contribution in [0.3, 0.4) is 0 Å². The van der Waals surface area contributed by atoms with E-state index >= 15 is 0 Å². The van der Waals surface area contributed by atoms with E-state index in [2.05, 4.69) is 29.2 Å². The third-order valence-electron chi connectivity index (χ3n) is 2.95. The summed E-state index contributed by atoms with van der Waals surface area (Å²) in [6.45, 7) is 10.0. The van der Waals surface area contributed by atoms with Crippen LogP contribution in [0.25, 0.3) is 16.6 Å². The molecule has 0 saturated heterocycles. The van der Waals surface area contributed by atoms with Crippen LogP contribution in [0.1, 0.15) is 12.5 Å². The highest BCUT2D eigenvalue weighted by molar-refractivity contribution is 6.30. The summed E-state index contributed by atoms with van der Waals surface area (Å²) >= 11 is 5.88. The van der Waals surface area contributed by atoms with E-state index in [1.807, 2.05) is 11.5 Å². The maximum absolute atomic E-state index is 12.5. The molecule has 1 N–H and O–H groups in total. The molecule has 0 bridgehead atoms. The Balaban J connectivity index is 2.73. The fraction of sp³-hybridized carbons (Fsp3) is 0.133. The summed E-state index contributed by atoms with van der Waals surface area (Å²) in [5, 5.41) is 3.68. The predicted octanol–water partition coefficient (Wildman–Crippen LogP) is 2.93. The molecule has 0 fully saturated rings. The highest BCUT2D eigenvalue weighted by Crippen LogP contribution is 2.17. The second kappa shape index (κ2) is 5.78. The minimum atomic E-state index is -0.135. The topological polar surface area (TPSA) is 46.9 Å². The molecule has 0 amide bonds. The van der Waals surface area contributed by atoms with Gasteiger partial charge in [0.1, 0.15) is 5.15 Å². The second-order valence-corrected chi connectivity index (χ2v) is 4.54. The first kappa shape index (κ1) is 14.1. The van der Waals surface area contributed by atoms with E-state index in [0.29, 0.717) is 28.3 Å². The zero-order valence-electron chi connectivity index (χ0n) is 11.1. The smallest absolute Gasteiger partial charge is 0.198 e. The van der Waals surface area contributed by atoms with Gasteiger partial charge in [-0.1, -0.05) is 24.8 Å². The molecule has 0 spiro atoms. The van der Waals surface area contributed by atoms with E-state index in [1.165, 1.54) is 6.20 Å². The molecule has 2 heterocycles. The lowest BCUT2D eigenvalue weighted by Gasteiger charge is -2.12. The molecule has 0 aliphatic heterocycles. The van der Waals surface area contributed by atoms with Crippen LogP contribution in [0.4, 0.5) is 0 Å². The minimum absolute atomic E-state index is 0.135. The second-order valence-electron chi connectivity index (χ2n) is 4.15. The minimum Gasteiger partial charge on any atom is -0.355 e. The Hall–Kier alpha value is -2.29. The Morgan fingerprint density at radius 1 is 1.65 bits per heavy atom. The molecule has 2 aromatic rings. The van der Waals surface area contributed by atoms with Crippen LogP contribution in [0.2, 0.25) is 5.15 Å². The number of nitrogens with one attached hydrogen (secondary N) is 1. The lowest BCUT2D eigenvalue weighted by atomic mass is 10.1. The molecular weight excluding hydrogens is 274 g/mol. The number of hydrogen-bond acceptors (Lipinski definition) is 3. The quantitative estimate of drug-likeness (QED) is 0.695. The summed E-state index contributed by atoms with van der Waals surface area (Å²) in [5.74, 6) is 0. The first-order valence-corrected chi connectivity index (χ1v) is 6.45. The monoisotopic (exact) mass is 287 g/mol. The largest absolute Gasteiger partial charge is 0.355 e. The van der Waals surface area contributed by atoms with Crippen molar-refractivity contribution >= 4 is 28.2 Å². The molecule has 4 nitrogen and oxygen atoms in total. The van der Waals surface area contributed by atoms with Gasteiger partial charge in [0.15, 0.2) is 5.43 Å². The number of pyridine rings is 2. The Morgan fingerprint density at radius 3 is 3.05 bits per heavy atom. The van der Waals surface area contributed by atoms with Crippen LogP contribution in [0.5, 0.6) is 0 Å². The van der Waals surface area contributed by atoms with E-state index in [1.54, 1.807) is 18.5 Å². The average molecular weight is 288 g/mol. The van der Waals surface area contributed by atoms with Gasteiger partial charge >= 0.3 is 0 Å². The Labute approximate surface area is 121 Å². The van der Waals surface area contributed by atoms with Crippen molar-refractivity contribution in [3.63, 3.8) is 0 Å². The van der Waals surface area contributed by atoms with Crippen LogP contribution in [0, 0.1) is 0 Å². The molecule has 20 heavy (non-hydrogen) atoms. The number of aromatic nitrogens is 2. The third-order valence-corrected chi connectivity index (χ3v) is 3.15. The zero-order valence-corrected chi connectivity index (χ0v) is 11.9. The molecule has 0 saturated carbocycles. The van der Waals surface area contributed by atoms with Crippen molar-refractivity contribution in [3.05, 3.63) is 64.5 Å². The van der Waals surface area contributed by atoms with Gasteiger partial charge in [-0.25, -0.2) is 4.98 Å². The highest BCUT2D eigenvalue weighted by Gasteiger charge is 2.11. The van der Waals surface area contributed by atoms with Crippen molar-refractivity contribution in [1.29, 1.82) is 0 Å². The average Bonchev–Trinajstić information content (AvgIpc) is 2.45. The fourth-order valence-corrected chi connectivity index (χ4v) is 2.11. The van der Waals surface area contributed by atoms with Gasteiger partial charge in [-0.15, -0.1) is 5.73 Å². The van der Waals surface area contributed by atoms with Gasteiger partial charge in [0.2, 0.25) is 0 Å².